The summed E-state index contributed by atoms with van der Waals surface area (Å²) >= 11 is 2.80. The van der Waals surface area contributed by atoms with Crippen LogP contribution in [0, 0.1) is 0 Å². The molecule has 1 aliphatic heterocycles. The number of carbonyl (C=O) groups excluding carboxylic acids is 1. The predicted octanol–water partition coefficient (Wildman–Crippen LogP) is 5.31. The van der Waals surface area contributed by atoms with Crippen LogP contribution in [0.1, 0.15) is 26.2 Å². The van der Waals surface area contributed by atoms with Crippen molar-refractivity contribution in [3.8, 4) is 5.75 Å². The summed E-state index contributed by atoms with van der Waals surface area (Å²) in [5.74, 6) is 0.532. The van der Waals surface area contributed by atoms with Gasteiger partial charge in [-0.1, -0.05) is 43.0 Å². The van der Waals surface area contributed by atoms with E-state index in [9.17, 15) is 9.59 Å². The number of methoxy groups -OCH3 is 1. The first-order chi connectivity index (χ1) is 17.1. The molecule has 5 rings (SSSR count). The Morgan fingerprint density at radius 2 is 2.17 bits per heavy atom. The highest BCUT2D eigenvalue weighted by Crippen LogP contribution is 2.34. The zero-order valence-corrected chi connectivity index (χ0v) is 21.3. The summed E-state index contributed by atoms with van der Waals surface area (Å²) in [5.41, 5.74) is 1.29. The van der Waals surface area contributed by atoms with Gasteiger partial charge >= 0.3 is 0 Å². The van der Waals surface area contributed by atoms with Crippen LogP contribution < -0.4 is 15.6 Å². The first-order valence-corrected chi connectivity index (χ1v) is 13.4. The van der Waals surface area contributed by atoms with Crippen LogP contribution >= 0.6 is 23.1 Å². The van der Waals surface area contributed by atoms with Crippen LogP contribution in [0.3, 0.4) is 0 Å². The van der Waals surface area contributed by atoms with Crippen molar-refractivity contribution in [2.24, 2.45) is 0 Å². The summed E-state index contributed by atoms with van der Waals surface area (Å²) < 4.78 is 14.5. The first-order valence-electron chi connectivity index (χ1n) is 11.7. The number of hydrogen-bond acceptors (Lipinski definition) is 7. The molecule has 9 heteroatoms. The number of thioether (sulfide) groups is 1. The molecule has 7 nitrogen and oxygen atoms in total. The van der Waals surface area contributed by atoms with Crippen LogP contribution in [-0.4, -0.2) is 40.5 Å². The van der Waals surface area contributed by atoms with E-state index in [2.05, 4.69) is 5.32 Å². The summed E-state index contributed by atoms with van der Waals surface area (Å²) in [6.07, 6.45) is 2.46. The third-order valence-electron chi connectivity index (χ3n) is 6.11. The van der Waals surface area contributed by atoms with E-state index in [0.717, 1.165) is 22.9 Å². The van der Waals surface area contributed by atoms with E-state index in [4.69, 9.17) is 14.5 Å². The number of nitrogens with one attached hydrogen (secondary N) is 1. The van der Waals surface area contributed by atoms with Crippen molar-refractivity contribution < 1.29 is 14.3 Å². The second-order valence-corrected chi connectivity index (χ2v) is 10.7. The van der Waals surface area contributed by atoms with Gasteiger partial charge in [-0.3, -0.25) is 14.2 Å². The lowest BCUT2D eigenvalue weighted by Crippen LogP contribution is -2.30. The number of nitrogens with zero attached hydrogens (tertiary/aromatic N) is 2. The van der Waals surface area contributed by atoms with Crippen molar-refractivity contribution in [1.82, 2.24) is 9.55 Å². The van der Waals surface area contributed by atoms with Crippen molar-refractivity contribution in [3.63, 3.8) is 0 Å². The maximum atomic E-state index is 13.7. The molecule has 35 heavy (non-hydrogen) atoms. The Kier molecular flexibility index (Phi) is 7.08. The van der Waals surface area contributed by atoms with Gasteiger partial charge in [0.15, 0.2) is 5.16 Å². The molecule has 2 atom stereocenters. The number of aromatic nitrogens is 2. The lowest BCUT2D eigenvalue weighted by atomic mass is 10.2. The molecule has 3 heterocycles. The van der Waals surface area contributed by atoms with Gasteiger partial charge in [0.05, 0.1) is 30.5 Å². The molecule has 1 saturated heterocycles. The van der Waals surface area contributed by atoms with Gasteiger partial charge in [0.25, 0.3) is 5.56 Å². The molecule has 1 aliphatic rings. The third-order valence-corrected chi connectivity index (χ3v) is 8.61. The summed E-state index contributed by atoms with van der Waals surface area (Å²) in [6.45, 7) is 3.11. The average molecular weight is 510 g/mol. The maximum Gasteiger partial charge on any atom is 0.272 e. The number of thiophene rings is 1. The lowest BCUT2D eigenvalue weighted by molar-refractivity contribution is -0.115. The number of amides is 1. The molecule has 182 valence electrons. The molecule has 0 spiro atoms. The molecule has 4 aromatic rings. The molecular formula is C26H27N3O4S2. The van der Waals surface area contributed by atoms with Crippen LogP contribution in [0.25, 0.3) is 20.3 Å². The Hall–Kier alpha value is -2.88. The van der Waals surface area contributed by atoms with Crippen LogP contribution in [0.2, 0.25) is 0 Å². The summed E-state index contributed by atoms with van der Waals surface area (Å²) in [5, 5.41) is 4.07. The summed E-state index contributed by atoms with van der Waals surface area (Å²) in [4.78, 5) is 31.8. The second-order valence-electron chi connectivity index (χ2n) is 8.46. The van der Waals surface area contributed by atoms with Crippen LogP contribution in [0.4, 0.5) is 5.69 Å². The number of rotatable bonds is 8. The molecule has 2 aromatic carbocycles. The molecule has 0 radical (unpaired) electrons. The van der Waals surface area contributed by atoms with Crippen molar-refractivity contribution in [2.45, 2.75) is 49.2 Å². The minimum Gasteiger partial charge on any atom is -0.497 e. The molecule has 0 bridgehead atoms. The molecule has 0 unspecified atom stereocenters. The second kappa shape index (κ2) is 10.4. The number of fused-ring (bicyclic) bond motifs is 3. The SMILES string of the molecule is CC[C@@H](Sc1nc2c(sc3ccccc32)c(=O)n1C[C@@H]1CCCO1)C(=O)Nc1cccc(OC)c1. The summed E-state index contributed by atoms with van der Waals surface area (Å²) in [7, 11) is 1.59. The standard InChI is InChI=1S/C26H27N3O4S2/c1-3-20(24(30)27-16-8-6-9-17(14-16)32-2)35-26-28-22-19-11-4-5-12-21(19)34-23(22)25(31)29(26)15-18-10-7-13-33-18/h4-6,8-9,11-12,14,18,20H,3,7,10,13,15H2,1-2H3,(H,27,30)/t18-,20+/m0/s1. The number of benzene rings is 2. The highest BCUT2D eigenvalue weighted by atomic mass is 32.2. The normalized spacial score (nSPS) is 16.6. The predicted molar refractivity (Wildman–Crippen MR) is 142 cm³/mol. The molecule has 2 aromatic heterocycles. The third kappa shape index (κ3) is 4.94. The molecule has 0 aliphatic carbocycles. The quantitative estimate of drug-likeness (QED) is 0.256. The van der Waals surface area contributed by atoms with E-state index in [-0.39, 0.29) is 17.6 Å². The average Bonchev–Trinajstić information content (AvgIpc) is 3.52. The largest absolute Gasteiger partial charge is 0.497 e. The van der Waals surface area contributed by atoms with Gasteiger partial charge in [-0.15, -0.1) is 11.3 Å². The Balaban J connectivity index is 1.51. The Bertz CT molecular complexity index is 1430. The van der Waals surface area contributed by atoms with E-state index < -0.39 is 5.25 Å². The summed E-state index contributed by atoms with van der Waals surface area (Å²) in [6, 6.07) is 15.2. The number of ether oxygens (including phenoxy) is 2. The van der Waals surface area contributed by atoms with Crippen molar-refractivity contribution in [1.29, 1.82) is 0 Å². The molecule has 1 fully saturated rings. The smallest absolute Gasteiger partial charge is 0.272 e. The number of anilines is 1. The van der Waals surface area contributed by atoms with Gasteiger partial charge in [0.2, 0.25) is 5.91 Å². The van der Waals surface area contributed by atoms with E-state index in [1.165, 1.54) is 23.1 Å². The zero-order chi connectivity index (χ0) is 24.4. The van der Waals surface area contributed by atoms with Crippen molar-refractivity contribution >= 4 is 55.0 Å². The highest BCUT2D eigenvalue weighted by Gasteiger charge is 2.26. The fourth-order valence-corrected chi connectivity index (χ4v) is 6.38. The Morgan fingerprint density at radius 1 is 1.31 bits per heavy atom. The van der Waals surface area contributed by atoms with E-state index >= 15 is 0 Å². The Morgan fingerprint density at radius 3 is 2.94 bits per heavy atom. The van der Waals surface area contributed by atoms with Crippen LogP contribution in [0.5, 0.6) is 5.75 Å². The molecular weight excluding hydrogens is 482 g/mol. The van der Waals surface area contributed by atoms with Gasteiger partial charge in [-0.25, -0.2) is 4.98 Å². The highest BCUT2D eigenvalue weighted by molar-refractivity contribution is 8.00. The number of carbonyl (C=O) groups is 1. The topological polar surface area (TPSA) is 82.5 Å². The van der Waals surface area contributed by atoms with Gasteiger partial charge < -0.3 is 14.8 Å². The van der Waals surface area contributed by atoms with Crippen LogP contribution in [0.15, 0.2) is 58.5 Å². The zero-order valence-electron chi connectivity index (χ0n) is 19.7. The molecule has 0 saturated carbocycles. The fourth-order valence-electron chi connectivity index (χ4n) is 4.27. The van der Waals surface area contributed by atoms with E-state index in [1.54, 1.807) is 17.7 Å². The van der Waals surface area contributed by atoms with Gasteiger partial charge in [-0.05, 0) is 37.5 Å². The van der Waals surface area contributed by atoms with Crippen molar-refractivity contribution in [3.05, 3.63) is 58.9 Å². The minimum absolute atomic E-state index is 0.0219. The first kappa shape index (κ1) is 23.8. The van der Waals surface area contributed by atoms with Crippen molar-refractivity contribution in [2.75, 3.05) is 19.0 Å². The molecule has 1 amide bonds. The van der Waals surface area contributed by atoms with Gasteiger partial charge in [0.1, 0.15) is 10.4 Å². The van der Waals surface area contributed by atoms with E-state index in [0.29, 0.717) is 46.4 Å². The minimum atomic E-state index is -0.425. The van der Waals surface area contributed by atoms with Gasteiger partial charge in [-0.2, -0.15) is 0 Å². The van der Waals surface area contributed by atoms with Gasteiger partial charge in [0, 0.05) is 28.4 Å². The van der Waals surface area contributed by atoms with Crippen LogP contribution in [-0.2, 0) is 16.1 Å². The van der Waals surface area contributed by atoms with E-state index in [1.807, 2.05) is 49.4 Å². The lowest BCUT2D eigenvalue weighted by Gasteiger charge is -2.19. The fraction of sp³-hybridized carbons (Fsp3) is 0.346. The maximum absolute atomic E-state index is 13.7. The molecule has 1 N–H and O–H groups in total. The Labute approximate surface area is 211 Å². The monoisotopic (exact) mass is 509 g/mol. The number of hydrogen-bond donors (Lipinski definition) is 1.